The zero-order valence-corrected chi connectivity index (χ0v) is 15.9. The molecule has 1 N–H and O–H groups in total. The Bertz CT molecular complexity index is 848. The van der Waals surface area contributed by atoms with Crippen LogP contribution in [-0.2, 0) is 16.0 Å². The number of methoxy groups -OCH3 is 1. The van der Waals surface area contributed by atoms with Crippen LogP contribution in [-0.4, -0.2) is 50.6 Å². The van der Waals surface area contributed by atoms with Crippen molar-refractivity contribution in [3.05, 3.63) is 59.9 Å². The van der Waals surface area contributed by atoms with Crippen molar-refractivity contribution in [1.82, 2.24) is 10.2 Å². The maximum atomic E-state index is 12.9. The van der Waals surface area contributed by atoms with Crippen molar-refractivity contribution in [1.29, 1.82) is 0 Å². The lowest BCUT2D eigenvalue weighted by atomic mass is 9.73. The predicted molar refractivity (Wildman–Crippen MR) is 102 cm³/mol. The molecule has 0 aromatic heterocycles. The molecule has 0 spiro atoms. The molecule has 2 aromatic carbocycles. The quantitative estimate of drug-likeness (QED) is 0.791. The minimum Gasteiger partial charge on any atom is -0.497 e. The first-order valence-corrected chi connectivity index (χ1v) is 8.97. The van der Waals surface area contributed by atoms with E-state index in [-0.39, 0.29) is 24.2 Å². The maximum Gasteiger partial charge on any atom is 0.260 e. The average molecular weight is 386 g/mol. The monoisotopic (exact) mass is 386 g/mol. The predicted octanol–water partition coefficient (Wildman–Crippen LogP) is 2.03. The van der Waals surface area contributed by atoms with Gasteiger partial charge in [-0.1, -0.05) is 12.1 Å². The highest BCUT2D eigenvalue weighted by Gasteiger charge is 2.50. The maximum absolute atomic E-state index is 12.9. The molecule has 148 valence electrons. The Morgan fingerprint density at radius 2 is 1.86 bits per heavy atom. The summed E-state index contributed by atoms with van der Waals surface area (Å²) in [6, 6.07) is 13.0. The number of ether oxygens (including phenoxy) is 2. The van der Waals surface area contributed by atoms with E-state index in [4.69, 9.17) is 9.47 Å². The van der Waals surface area contributed by atoms with Crippen molar-refractivity contribution in [2.45, 2.75) is 6.42 Å². The third-order valence-corrected chi connectivity index (χ3v) is 4.90. The number of likely N-dealkylation sites (tertiary alicyclic amines) is 1. The first-order valence-electron chi connectivity index (χ1n) is 8.97. The minimum atomic E-state index is -0.674. The van der Waals surface area contributed by atoms with Crippen LogP contribution in [0, 0.1) is 11.2 Å². The van der Waals surface area contributed by atoms with Crippen LogP contribution in [0.3, 0.4) is 0 Å². The average Bonchev–Trinajstić information content (AvgIpc) is 2.69. The topological polar surface area (TPSA) is 67.9 Å². The highest BCUT2D eigenvalue weighted by Crippen LogP contribution is 2.35. The first-order chi connectivity index (χ1) is 13.5. The second kappa shape index (κ2) is 8.29. The van der Waals surface area contributed by atoms with E-state index < -0.39 is 5.41 Å². The lowest BCUT2D eigenvalue weighted by Crippen LogP contribution is -2.65. The number of hydrogen-bond acceptors (Lipinski definition) is 4. The first kappa shape index (κ1) is 19.7. The van der Waals surface area contributed by atoms with Gasteiger partial charge in [-0.25, -0.2) is 4.39 Å². The van der Waals surface area contributed by atoms with E-state index in [0.717, 1.165) is 11.3 Å². The Hall–Kier alpha value is -3.09. The van der Waals surface area contributed by atoms with Gasteiger partial charge in [0.05, 0.1) is 12.5 Å². The van der Waals surface area contributed by atoms with Crippen molar-refractivity contribution in [3.8, 4) is 11.5 Å². The molecule has 1 saturated heterocycles. The van der Waals surface area contributed by atoms with Gasteiger partial charge >= 0.3 is 0 Å². The second-order valence-corrected chi connectivity index (χ2v) is 6.88. The number of hydrogen-bond donors (Lipinski definition) is 1. The number of halogens is 1. The molecule has 28 heavy (non-hydrogen) atoms. The molecule has 1 aliphatic rings. The van der Waals surface area contributed by atoms with E-state index in [1.165, 1.54) is 24.3 Å². The summed E-state index contributed by atoms with van der Waals surface area (Å²) < 4.78 is 23.6. The molecule has 1 aliphatic heterocycles. The summed E-state index contributed by atoms with van der Waals surface area (Å²) >= 11 is 0. The zero-order chi connectivity index (χ0) is 20.1. The standard InChI is InChI=1S/C21H23FN2O4/c1-23-20(26)21(11-15-4-3-5-18(10-15)27-2)13-24(14-21)19(25)12-28-17-8-6-16(22)7-9-17/h3-10H,11-14H2,1-2H3,(H,23,26). The molecule has 0 atom stereocenters. The van der Waals surface area contributed by atoms with Gasteiger partial charge in [0, 0.05) is 20.1 Å². The fourth-order valence-electron chi connectivity index (χ4n) is 3.40. The van der Waals surface area contributed by atoms with E-state index >= 15 is 0 Å². The van der Waals surface area contributed by atoms with Gasteiger partial charge in [0.1, 0.15) is 17.3 Å². The van der Waals surface area contributed by atoms with Gasteiger partial charge in [-0.15, -0.1) is 0 Å². The third-order valence-electron chi connectivity index (χ3n) is 4.90. The normalized spacial score (nSPS) is 14.8. The molecule has 0 saturated carbocycles. The highest BCUT2D eigenvalue weighted by atomic mass is 19.1. The summed E-state index contributed by atoms with van der Waals surface area (Å²) in [5.41, 5.74) is 0.296. The zero-order valence-electron chi connectivity index (χ0n) is 15.9. The molecule has 2 amide bonds. The van der Waals surface area contributed by atoms with Gasteiger partial charge in [-0.3, -0.25) is 9.59 Å². The minimum absolute atomic E-state index is 0.0983. The molecule has 7 heteroatoms. The van der Waals surface area contributed by atoms with Crippen molar-refractivity contribution >= 4 is 11.8 Å². The second-order valence-electron chi connectivity index (χ2n) is 6.88. The molecule has 1 fully saturated rings. The van der Waals surface area contributed by atoms with Crippen LogP contribution in [0.1, 0.15) is 5.56 Å². The lowest BCUT2D eigenvalue weighted by molar-refractivity contribution is -0.154. The molecule has 1 heterocycles. The molecule has 0 unspecified atom stereocenters. The van der Waals surface area contributed by atoms with Crippen molar-refractivity contribution in [2.75, 3.05) is 33.9 Å². The lowest BCUT2D eigenvalue weighted by Gasteiger charge is -2.48. The third kappa shape index (κ3) is 4.24. The van der Waals surface area contributed by atoms with Crippen LogP contribution in [0.15, 0.2) is 48.5 Å². The number of amides is 2. The van der Waals surface area contributed by atoms with Gasteiger partial charge in [-0.2, -0.15) is 0 Å². The SMILES string of the molecule is CNC(=O)C1(Cc2cccc(OC)c2)CN(C(=O)COc2ccc(F)cc2)C1. The van der Waals surface area contributed by atoms with Crippen LogP contribution in [0.25, 0.3) is 0 Å². The number of carbonyl (C=O) groups is 2. The van der Waals surface area contributed by atoms with E-state index in [2.05, 4.69) is 5.32 Å². The van der Waals surface area contributed by atoms with Crippen molar-refractivity contribution in [3.63, 3.8) is 0 Å². The van der Waals surface area contributed by atoms with Crippen molar-refractivity contribution < 1.29 is 23.5 Å². The van der Waals surface area contributed by atoms with E-state index in [9.17, 15) is 14.0 Å². The molecule has 0 aliphatic carbocycles. The van der Waals surface area contributed by atoms with Gasteiger partial charge in [-0.05, 0) is 48.4 Å². The van der Waals surface area contributed by atoms with Gasteiger partial charge in [0.2, 0.25) is 5.91 Å². The van der Waals surface area contributed by atoms with Gasteiger partial charge in [0.15, 0.2) is 6.61 Å². The molecule has 3 rings (SSSR count). The Morgan fingerprint density at radius 1 is 1.14 bits per heavy atom. The van der Waals surface area contributed by atoms with E-state index in [1.807, 2.05) is 24.3 Å². The Kier molecular flexibility index (Phi) is 5.82. The van der Waals surface area contributed by atoms with Crippen LogP contribution in [0.5, 0.6) is 11.5 Å². The number of nitrogens with zero attached hydrogens (tertiary/aromatic N) is 1. The van der Waals surface area contributed by atoms with Crippen molar-refractivity contribution in [2.24, 2.45) is 5.41 Å². The van der Waals surface area contributed by atoms with Crippen LogP contribution >= 0.6 is 0 Å². The summed E-state index contributed by atoms with van der Waals surface area (Å²) in [5, 5.41) is 2.70. The van der Waals surface area contributed by atoms with E-state index in [0.29, 0.717) is 25.3 Å². The van der Waals surface area contributed by atoms with E-state index in [1.54, 1.807) is 19.1 Å². The van der Waals surface area contributed by atoms with Crippen LogP contribution in [0.2, 0.25) is 0 Å². The van der Waals surface area contributed by atoms with Crippen LogP contribution < -0.4 is 14.8 Å². The van der Waals surface area contributed by atoms with Gasteiger partial charge in [0.25, 0.3) is 5.91 Å². The molecular formula is C21H23FN2O4. The summed E-state index contributed by atoms with van der Waals surface area (Å²) in [6.45, 7) is 0.472. The summed E-state index contributed by atoms with van der Waals surface area (Å²) in [6.07, 6.45) is 0.506. The van der Waals surface area contributed by atoms with Crippen LogP contribution in [0.4, 0.5) is 4.39 Å². The molecule has 2 aromatic rings. The summed E-state index contributed by atoms with van der Waals surface area (Å²) in [4.78, 5) is 26.5. The summed E-state index contributed by atoms with van der Waals surface area (Å²) in [7, 11) is 3.19. The molecule has 6 nitrogen and oxygen atoms in total. The fourth-order valence-corrected chi connectivity index (χ4v) is 3.40. The Balaban J connectivity index is 1.61. The number of carbonyl (C=O) groups excluding carboxylic acids is 2. The largest absolute Gasteiger partial charge is 0.497 e. The summed E-state index contributed by atoms with van der Waals surface area (Å²) in [5.74, 6) is 0.469. The number of rotatable bonds is 7. The number of benzene rings is 2. The molecule has 0 radical (unpaired) electrons. The molecular weight excluding hydrogens is 363 g/mol. The number of nitrogens with one attached hydrogen (secondary N) is 1. The highest BCUT2D eigenvalue weighted by molar-refractivity contribution is 5.88. The fraction of sp³-hybridized carbons (Fsp3) is 0.333. The Morgan fingerprint density at radius 3 is 2.50 bits per heavy atom. The smallest absolute Gasteiger partial charge is 0.260 e. The Labute approximate surface area is 163 Å². The molecule has 0 bridgehead atoms. The van der Waals surface area contributed by atoms with Gasteiger partial charge < -0.3 is 19.7 Å².